The Hall–Kier alpha value is -4.48. The van der Waals surface area contributed by atoms with Gasteiger partial charge in [-0.05, 0) is 85.7 Å². The predicted molar refractivity (Wildman–Crippen MR) is 150 cm³/mol. The molecular weight excluding hydrogens is 495 g/mol. The molecule has 0 aliphatic rings. The first kappa shape index (κ1) is 22.7. The third-order valence-corrected chi connectivity index (χ3v) is 9.03. The summed E-state index contributed by atoms with van der Waals surface area (Å²) in [6.07, 6.45) is 0. The predicted octanol–water partition coefficient (Wildman–Crippen LogP) is 8.29. The van der Waals surface area contributed by atoms with Crippen LogP contribution in [0, 0.1) is 5.82 Å². The summed E-state index contributed by atoms with van der Waals surface area (Å²) in [7, 11) is -3.81. The van der Waals surface area contributed by atoms with Gasteiger partial charge in [-0.25, -0.2) is 12.8 Å². The molecule has 0 fully saturated rings. The van der Waals surface area contributed by atoms with Crippen molar-refractivity contribution in [2.24, 2.45) is 0 Å². The van der Waals surface area contributed by atoms with Crippen LogP contribution in [0.1, 0.15) is 5.56 Å². The number of fused-ring (bicyclic) bond motifs is 2. The fraction of sp³-hybridized carbons (Fsp3) is 0.0303. The fourth-order valence-electron chi connectivity index (χ4n) is 5.49. The second kappa shape index (κ2) is 8.54. The van der Waals surface area contributed by atoms with Crippen molar-refractivity contribution in [2.45, 2.75) is 16.4 Å². The Morgan fingerprint density at radius 2 is 1.21 bits per heavy atom. The van der Waals surface area contributed by atoms with E-state index in [1.54, 1.807) is 42.5 Å². The number of ether oxygens (including phenoxy) is 1. The van der Waals surface area contributed by atoms with Gasteiger partial charge in [0.05, 0.1) is 9.79 Å². The number of benzene rings is 7. The Kier molecular flexibility index (Phi) is 5.10. The summed E-state index contributed by atoms with van der Waals surface area (Å²) >= 11 is 0. The molecule has 7 aromatic carbocycles. The lowest BCUT2D eigenvalue weighted by atomic mass is 9.90. The van der Waals surface area contributed by atoms with Crippen molar-refractivity contribution in [1.29, 1.82) is 0 Å². The van der Waals surface area contributed by atoms with Gasteiger partial charge in [0, 0.05) is 5.39 Å². The molecule has 0 unspecified atom stereocenters. The van der Waals surface area contributed by atoms with Gasteiger partial charge < -0.3 is 4.74 Å². The summed E-state index contributed by atoms with van der Waals surface area (Å²) in [6, 6.07) is 34.6. The van der Waals surface area contributed by atoms with E-state index in [9.17, 15) is 12.8 Å². The fourth-order valence-corrected chi connectivity index (χ4v) is 6.94. The van der Waals surface area contributed by atoms with Crippen LogP contribution in [-0.4, -0.2) is 8.42 Å². The van der Waals surface area contributed by atoms with E-state index in [1.165, 1.54) is 22.9 Å². The van der Waals surface area contributed by atoms with Crippen LogP contribution >= 0.6 is 0 Å². The van der Waals surface area contributed by atoms with Crippen molar-refractivity contribution in [1.82, 2.24) is 0 Å². The molecule has 0 atom stereocenters. The smallest absolute Gasteiger partial charge is 0.207 e. The van der Waals surface area contributed by atoms with E-state index in [0.717, 1.165) is 26.9 Å². The molecule has 0 radical (unpaired) electrons. The van der Waals surface area contributed by atoms with Crippen molar-refractivity contribution in [3.05, 3.63) is 127 Å². The van der Waals surface area contributed by atoms with E-state index >= 15 is 0 Å². The van der Waals surface area contributed by atoms with E-state index in [2.05, 4.69) is 30.3 Å². The zero-order chi connectivity index (χ0) is 25.9. The summed E-state index contributed by atoms with van der Waals surface area (Å²) < 4.78 is 46.9. The minimum Gasteiger partial charge on any atom is -0.489 e. The minimum atomic E-state index is -3.81. The lowest BCUT2D eigenvalue weighted by Crippen LogP contribution is -2.04. The average Bonchev–Trinajstić information content (AvgIpc) is 2.94. The molecule has 7 aromatic rings. The number of halogens is 1. The van der Waals surface area contributed by atoms with Crippen LogP contribution in [0.5, 0.6) is 5.75 Å². The molecule has 0 spiro atoms. The molecular formula is C33H21FO3S. The van der Waals surface area contributed by atoms with Crippen molar-refractivity contribution in [3.63, 3.8) is 0 Å². The van der Waals surface area contributed by atoms with E-state index in [-0.39, 0.29) is 22.2 Å². The van der Waals surface area contributed by atoms with Crippen molar-refractivity contribution < 1.29 is 17.5 Å². The third-order valence-electron chi connectivity index (χ3n) is 7.20. The maximum Gasteiger partial charge on any atom is 0.207 e. The number of hydrogen-bond donors (Lipinski definition) is 0. The van der Waals surface area contributed by atoms with Gasteiger partial charge in [-0.2, -0.15) is 0 Å². The molecule has 0 saturated carbocycles. The second-order valence-corrected chi connectivity index (χ2v) is 11.4. The minimum absolute atomic E-state index is 0.187. The largest absolute Gasteiger partial charge is 0.489 e. The van der Waals surface area contributed by atoms with Crippen molar-refractivity contribution in [3.8, 4) is 5.75 Å². The average molecular weight is 517 g/mol. The molecule has 0 aromatic heterocycles. The molecule has 0 N–H and O–H groups in total. The summed E-state index contributed by atoms with van der Waals surface area (Å²) in [5.74, 6) is 0.184. The molecule has 38 heavy (non-hydrogen) atoms. The van der Waals surface area contributed by atoms with Gasteiger partial charge in [-0.1, -0.05) is 72.8 Å². The van der Waals surface area contributed by atoms with Crippen LogP contribution in [0.15, 0.2) is 125 Å². The highest BCUT2D eigenvalue weighted by molar-refractivity contribution is 7.91. The summed E-state index contributed by atoms with van der Waals surface area (Å²) in [4.78, 5) is 0.465. The van der Waals surface area contributed by atoms with Gasteiger partial charge in [0.1, 0.15) is 18.2 Å². The Morgan fingerprint density at radius 3 is 1.92 bits per heavy atom. The molecule has 7 rings (SSSR count). The maximum atomic E-state index is 13.9. The van der Waals surface area contributed by atoms with Gasteiger partial charge in [0.2, 0.25) is 9.84 Å². The second-order valence-electron chi connectivity index (χ2n) is 9.44. The van der Waals surface area contributed by atoms with Crippen LogP contribution < -0.4 is 4.74 Å². The number of sulfone groups is 1. The number of rotatable bonds is 5. The lowest BCUT2D eigenvalue weighted by Gasteiger charge is -2.16. The van der Waals surface area contributed by atoms with Gasteiger partial charge in [0.25, 0.3) is 0 Å². The summed E-state index contributed by atoms with van der Waals surface area (Å²) in [6.45, 7) is 0.187. The van der Waals surface area contributed by atoms with Crippen molar-refractivity contribution >= 4 is 52.9 Å². The SMILES string of the molecule is O=S(=O)(c1ccc(OCc2cccc(F)c2)cc1)c1ccc2c3cccc4cccc(c5cccc1c52)c43. The molecule has 3 nitrogen and oxygen atoms in total. The molecule has 0 amide bonds. The maximum absolute atomic E-state index is 13.9. The zero-order valence-electron chi connectivity index (χ0n) is 20.2. The van der Waals surface area contributed by atoms with Crippen LogP contribution in [-0.2, 0) is 16.4 Å². The van der Waals surface area contributed by atoms with Crippen LogP contribution in [0.2, 0.25) is 0 Å². The van der Waals surface area contributed by atoms with E-state index in [0.29, 0.717) is 16.7 Å². The monoisotopic (exact) mass is 516 g/mol. The molecule has 0 saturated heterocycles. The highest BCUT2D eigenvalue weighted by Crippen LogP contribution is 2.42. The Balaban J connectivity index is 1.32. The first-order valence-electron chi connectivity index (χ1n) is 12.3. The number of hydrogen-bond acceptors (Lipinski definition) is 3. The Morgan fingerprint density at radius 1 is 0.605 bits per heavy atom. The highest BCUT2D eigenvalue weighted by Gasteiger charge is 2.23. The van der Waals surface area contributed by atoms with E-state index < -0.39 is 9.84 Å². The van der Waals surface area contributed by atoms with Gasteiger partial charge >= 0.3 is 0 Å². The molecule has 0 bridgehead atoms. The lowest BCUT2D eigenvalue weighted by molar-refractivity contribution is 0.305. The molecule has 0 aliphatic carbocycles. The molecule has 184 valence electrons. The molecule has 0 aliphatic heterocycles. The topological polar surface area (TPSA) is 43.4 Å². The highest BCUT2D eigenvalue weighted by atomic mass is 32.2. The standard InChI is InChI=1S/C33H21FO3S/c34-23-8-1-5-21(19-23)20-37-24-13-15-25(16-14-24)38(35,36)31-18-17-29-27-10-3-7-22-6-2-9-26(32(22)27)28-11-4-12-30(31)33(28)29/h1-19H,20H2. The quantitative estimate of drug-likeness (QED) is 0.171. The van der Waals surface area contributed by atoms with Crippen molar-refractivity contribution in [2.75, 3.05) is 0 Å². The first-order valence-corrected chi connectivity index (χ1v) is 13.8. The van der Waals surface area contributed by atoms with Gasteiger partial charge in [0.15, 0.2) is 0 Å². The third kappa shape index (κ3) is 3.51. The van der Waals surface area contributed by atoms with Crippen LogP contribution in [0.3, 0.4) is 0 Å². The van der Waals surface area contributed by atoms with Crippen LogP contribution in [0.25, 0.3) is 43.1 Å². The molecule has 5 heteroatoms. The molecule has 0 heterocycles. The van der Waals surface area contributed by atoms with E-state index in [4.69, 9.17) is 4.74 Å². The first-order chi connectivity index (χ1) is 18.5. The van der Waals surface area contributed by atoms with Crippen LogP contribution in [0.4, 0.5) is 4.39 Å². The normalized spacial score (nSPS) is 12.1. The zero-order valence-corrected chi connectivity index (χ0v) is 21.0. The summed E-state index contributed by atoms with van der Waals surface area (Å²) in [5, 5.41) is 8.34. The summed E-state index contributed by atoms with van der Waals surface area (Å²) in [5.41, 5.74) is 0.697. The van der Waals surface area contributed by atoms with E-state index in [1.807, 2.05) is 30.3 Å². The Labute approximate surface area is 219 Å². The van der Waals surface area contributed by atoms with Gasteiger partial charge in [-0.3, -0.25) is 0 Å². The Bertz CT molecular complexity index is 2050. The van der Waals surface area contributed by atoms with Gasteiger partial charge in [-0.15, -0.1) is 0 Å².